The van der Waals surface area contributed by atoms with Crippen molar-refractivity contribution in [2.24, 2.45) is 0 Å². The summed E-state index contributed by atoms with van der Waals surface area (Å²) < 4.78 is 10.0. The average molecular weight is 514 g/mol. The van der Waals surface area contributed by atoms with Crippen LogP contribution in [0.25, 0.3) is 34.9 Å². The van der Waals surface area contributed by atoms with Crippen LogP contribution >= 0.6 is 11.3 Å². The third kappa shape index (κ3) is 7.41. The number of hydrogen-bond donors (Lipinski definition) is 0. The van der Waals surface area contributed by atoms with Gasteiger partial charge in [-0.25, -0.2) is 4.98 Å². The first-order valence-corrected chi connectivity index (χ1v) is 13.0. The Morgan fingerprint density at radius 1 is 0.784 bits per heavy atom. The van der Waals surface area contributed by atoms with Gasteiger partial charge in [-0.05, 0) is 59.7 Å². The molecule has 0 aromatic carbocycles. The standard InChI is InChI=1S/C29H27N3O4S/c1-2-3-4-5-6-22-13-25(37-18-22)8-7-21-9-11-30-26(14-21)28-16-24(36-20-34)17-29(32-28)27-15-23(35-19-33)10-12-31-27/h7-20H,2-6H2,1H3/b8-7+. The highest BCUT2D eigenvalue weighted by Gasteiger charge is 2.11. The minimum Gasteiger partial charge on any atom is -0.429 e. The zero-order valence-corrected chi connectivity index (χ0v) is 21.3. The van der Waals surface area contributed by atoms with Crippen molar-refractivity contribution in [1.29, 1.82) is 0 Å². The second kappa shape index (κ2) is 13.2. The van der Waals surface area contributed by atoms with E-state index in [2.05, 4.69) is 39.4 Å². The van der Waals surface area contributed by atoms with Gasteiger partial charge in [0.05, 0.1) is 22.8 Å². The minimum atomic E-state index is 0.298. The number of carbonyl (C=O) groups excluding carboxylic acids is 2. The zero-order valence-electron chi connectivity index (χ0n) is 20.5. The quantitative estimate of drug-likeness (QED) is 0.146. The second-order valence-electron chi connectivity index (χ2n) is 8.35. The smallest absolute Gasteiger partial charge is 0.298 e. The molecule has 0 aliphatic rings. The SMILES string of the molecule is CCCCCCc1csc(/C=C/c2ccnc(-c3cc(OC=O)cc(-c4cc(OC=O)ccn4)n3)c2)c1. The molecule has 4 rings (SSSR count). The van der Waals surface area contributed by atoms with Crippen molar-refractivity contribution in [3.05, 3.63) is 76.2 Å². The molecule has 4 aromatic rings. The molecule has 4 heterocycles. The number of carbonyl (C=O) groups is 2. The summed E-state index contributed by atoms with van der Waals surface area (Å²) >= 11 is 1.74. The Labute approximate surface area is 219 Å². The molecule has 0 saturated heterocycles. The van der Waals surface area contributed by atoms with E-state index in [1.807, 2.05) is 18.2 Å². The normalized spacial score (nSPS) is 10.9. The molecule has 0 aliphatic carbocycles. The van der Waals surface area contributed by atoms with E-state index >= 15 is 0 Å². The van der Waals surface area contributed by atoms with E-state index in [9.17, 15) is 9.59 Å². The van der Waals surface area contributed by atoms with Crippen molar-refractivity contribution in [3.8, 4) is 34.3 Å². The molecule has 37 heavy (non-hydrogen) atoms. The zero-order chi connectivity index (χ0) is 25.9. The maximum atomic E-state index is 11.0. The predicted octanol–water partition coefficient (Wildman–Crippen LogP) is 6.63. The second-order valence-corrected chi connectivity index (χ2v) is 9.30. The van der Waals surface area contributed by atoms with Crippen LogP contribution in [0.1, 0.15) is 48.6 Å². The van der Waals surface area contributed by atoms with Crippen LogP contribution < -0.4 is 9.47 Å². The van der Waals surface area contributed by atoms with Gasteiger partial charge in [-0.1, -0.05) is 32.3 Å². The van der Waals surface area contributed by atoms with Crippen LogP contribution in [-0.4, -0.2) is 27.9 Å². The van der Waals surface area contributed by atoms with Gasteiger partial charge in [-0.2, -0.15) is 0 Å². The highest BCUT2D eigenvalue weighted by atomic mass is 32.1. The van der Waals surface area contributed by atoms with Crippen LogP contribution in [0.15, 0.2) is 60.2 Å². The first-order valence-electron chi connectivity index (χ1n) is 12.1. The van der Waals surface area contributed by atoms with E-state index in [0.29, 0.717) is 47.2 Å². The van der Waals surface area contributed by atoms with Crippen molar-refractivity contribution in [2.45, 2.75) is 39.0 Å². The number of unbranched alkanes of at least 4 members (excludes halogenated alkanes) is 3. The number of thiophene rings is 1. The molecule has 7 nitrogen and oxygen atoms in total. The third-order valence-corrected chi connectivity index (χ3v) is 6.59. The summed E-state index contributed by atoms with van der Waals surface area (Å²) in [6, 6.07) is 12.5. The van der Waals surface area contributed by atoms with Crippen molar-refractivity contribution in [2.75, 3.05) is 0 Å². The summed E-state index contributed by atoms with van der Waals surface area (Å²) in [5.41, 5.74) is 4.37. The molecule has 0 unspecified atom stereocenters. The molecule has 0 radical (unpaired) electrons. The minimum absolute atomic E-state index is 0.298. The summed E-state index contributed by atoms with van der Waals surface area (Å²) in [6.45, 7) is 2.93. The van der Waals surface area contributed by atoms with Gasteiger partial charge in [0, 0.05) is 35.5 Å². The molecule has 188 valence electrons. The lowest BCUT2D eigenvalue weighted by molar-refractivity contribution is -0.121. The lowest BCUT2D eigenvalue weighted by atomic mass is 10.1. The molecule has 8 heteroatoms. The predicted molar refractivity (Wildman–Crippen MR) is 145 cm³/mol. The molecular weight excluding hydrogens is 486 g/mol. The van der Waals surface area contributed by atoms with Crippen LogP contribution in [0, 0.1) is 0 Å². The number of pyridine rings is 3. The number of rotatable bonds is 13. The van der Waals surface area contributed by atoms with Gasteiger partial charge in [0.15, 0.2) is 0 Å². The van der Waals surface area contributed by atoms with Gasteiger partial charge in [0.25, 0.3) is 12.9 Å². The van der Waals surface area contributed by atoms with Crippen LogP contribution in [0.4, 0.5) is 0 Å². The van der Waals surface area contributed by atoms with E-state index in [1.54, 1.807) is 41.8 Å². The number of ether oxygens (including phenoxy) is 2. The van der Waals surface area contributed by atoms with E-state index in [4.69, 9.17) is 9.47 Å². The van der Waals surface area contributed by atoms with Crippen LogP contribution in [0.3, 0.4) is 0 Å². The molecule has 0 amide bonds. The Morgan fingerprint density at radius 2 is 1.49 bits per heavy atom. The summed E-state index contributed by atoms with van der Waals surface area (Å²) in [7, 11) is 0. The Morgan fingerprint density at radius 3 is 2.24 bits per heavy atom. The van der Waals surface area contributed by atoms with Crippen LogP contribution in [0.2, 0.25) is 0 Å². The molecule has 0 spiro atoms. The maximum Gasteiger partial charge on any atom is 0.298 e. The molecule has 4 aromatic heterocycles. The Hall–Kier alpha value is -4.17. The molecule has 0 atom stereocenters. The van der Waals surface area contributed by atoms with Gasteiger partial charge < -0.3 is 9.47 Å². The van der Waals surface area contributed by atoms with Gasteiger partial charge >= 0.3 is 0 Å². The number of aryl methyl sites for hydroxylation is 1. The van der Waals surface area contributed by atoms with Crippen molar-refractivity contribution in [3.63, 3.8) is 0 Å². The number of aromatic nitrogens is 3. The van der Waals surface area contributed by atoms with Gasteiger partial charge in [0.1, 0.15) is 11.5 Å². The highest BCUT2D eigenvalue weighted by molar-refractivity contribution is 7.11. The van der Waals surface area contributed by atoms with Gasteiger partial charge in [-0.3, -0.25) is 19.6 Å². The topological polar surface area (TPSA) is 91.3 Å². The molecule has 0 bridgehead atoms. The molecule has 0 fully saturated rings. The largest absolute Gasteiger partial charge is 0.429 e. The van der Waals surface area contributed by atoms with Gasteiger partial charge in [-0.15, -0.1) is 11.3 Å². The Balaban J connectivity index is 1.56. The summed E-state index contributed by atoms with van der Waals surface area (Å²) in [6.07, 6.45) is 13.5. The van der Waals surface area contributed by atoms with E-state index < -0.39 is 0 Å². The first-order chi connectivity index (χ1) is 18.2. The number of hydrogen-bond acceptors (Lipinski definition) is 8. The molecule has 0 saturated carbocycles. The molecular formula is C29H27N3O4S. The fraction of sp³-hybridized carbons (Fsp3) is 0.207. The van der Waals surface area contributed by atoms with Gasteiger partial charge in [0.2, 0.25) is 0 Å². The Bertz CT molecular complexity index is 1380. The fourth-order valence-corrected chi connectivity index (χ4v) is 4.65. The van der Waals surface area contributed by atoms with Crippen molar-refractivity contribution >= 4 is 36.4 Å². The van der Waals surface area contributed by atoms with Crippen molar-refractivity contribution < 1.29 is 19.1 Å². The summed E-state index contributed by atoms with van der Waals surface area (Å²) in [5, 5.41) is 2.23. The third-order valence-electron chi connectivity index (χ3n) is 5.64. The Kier molecular flexibility index (Phi) is 9.26. The van der Waals surface area contributed by atoms with E-state index in [-0.39, 0.29) is 0 Å². The van der Waals surface area contributed by atoms with E-state index in [1.165, 1.54) is 42.3 Å². The fourth-order valence-electron chi connectivity index (χ4n) is 3.81. The first kappa shape index (κ1) is 25.9. The number of nitrogens with zero attached hydrogens (tertiary/aromatic N) is 3. The van der Waals surface area contributed by atoms with Crippen LogP contribution in [0.5, 0.6) is 11.5 Å². The average Bonchev–Trinajstić information content (AvgIpc) is 3.38. The summed E-state index contributed by atoms with van der Waals surface area (Å²) in [5.74, 6) is 0.624. The van der Waals surface area contributed by atoms with E-state index in [0.717, 1.165) is 12.0 Å². The monoisotopic (exact) mass is 513 g/mol. The van der Waals surface area contributed by atoms with Crippen LogP contribution in [-0.2, 0) is 16.0 Å². The lowest BCUT2D eigenvalue weighted by Gasteiger charge is -2.08. The molecule has 0 N–H and O–H groups in total. The highest BCUT2D eigenvalue weighted by Crippen LogP contribution is 2.29. The summed E-state index contributed by atoms with van der Waals surface area (Å²) in [4.78, 5) is 36.4. The maximum absolute atomic E-state index is 11.0. The van der Waals surface area contributed by atoms with Crippen molar-refractivity contribution in [1.82, 2.24) is 15.0 Å². The molecule has 0 aliphatic heterocycles. The lowest BCUT2D eigenvalue weighted by Crippen LogP contribution is -1.97.